The molecular weight excluding hydrogens is 1200 g/mol. The van der Waals surface area contributed by atoms with Gasteiger partial charge in [0.25, 0.3) is 0 Å². The van der Waals surface area contributed by atoms with E-state index in [2.05, 4.69) is 64.9 Å². The number of nitrogens with one attached hydrogen (secondary N) is 7. The first kappa shape index (κ1) is 70.4. The average molecular weight is 1300 g/mol. The number of rotatable bonds is 28. The molecule has 8 aromatic carbocycles. The molecule has 1 aliphatic rings. The van der Waals surface area contributed by atoms with Crippen LogP contribution in [0.5, 0.6) is 28.7 Å². The fraction of sp³-hybridized carbons (Fsp3) is 0.350. The first-order chi connectivity index (χ1) is 46.6. The van der Waals surface area contributed by atoms with Gasteiger partial charge < -0.3 is 55.6 Å². The number of benzene rings is 8. The lowest BCUT2D eigenvalue weighted by molar-refractivity contribution is 0.215. The van der Waals surface area contributed by atoms with Crippen LogP contribution in [0.25, 0.3) is 0 Å². The number of anilines is 7. The maximum atomic E-state index is 14.3. The fourth-order valence-corrected chi connectivity index (χ4v) is 11.7. The van der Waals surface area contributed by atoms with E-state index in [0.29, 0.717) is 100 Å². The van der Waals surface area contributed by atoms with E-state index in [-0.39, 0.29) is 31.4 Å². The number of urea groups is 3. The van der Waals surface area contributed by atoms with Crippen molar-refractivity contribution in [1.82, 2.24) is 0 Å². The Balaban J connectivity index is 1.32. The van der Waals surface area contributed by atoms with Crippen LogP contribution >= 0.6 is 0 Å². The molecule has 8 aromatic rings. The molecule has 1 aliphatic carbocycles. The molecule has 0 saturated carbocycles. The molecule has 96 heavy (non-hydrogen) atoms. The van der Waals surface area contributed by atoms with Crippen LogP contribution in [0.3, 0.4) is 0 Å². The van der Waals surface area contributed by atoms with Gasteiger partial charge in [-0.1, -0.05) is 150 Å². The summed E-state index contributed by atoms with van der Waals surface area (Å²) in [6.07, 6.45) is 10.8. The van der Waals surface area contributed by atoms with E-state index >= 15 is 0 Å². The molecule has 0 fully saturated rings. The molecule has 9 rings (SSSR count). The van der Waals surface area contributed by atoms with E-state index in [0.717, 1.165) is 133 Å². The summed E-state index contributed by atoms with van der Waals surface area (Å²) in [6, 6.07) is 44.5. The molecule has 504 valence electrons. The normalized spacial score (nSPS) is 11.6. The smallest absolute Gasteiger partial charge is 0.417 e. The van der Waals surface area contributed by atoms with Crippen LogP contribution in [-0.4, -0.2) is 50.6 Å². The lowest BCUT2D eigenvalue weighted by atomic mass is 9.90. The van der Waals surface area contributed by atoms with E-state index in [4.69, 9.17) is 23.7 Å². The van der Waals surface area contributed by atoms with Crippen molar-refractivity contribution < 1.29 is 42.9 Å². The van der Waals surface area contributed by atoms with Gasteiger partial charge in [-0.05, 0) is 150 Å². The number of unbranched alkanes of at least 4 members (excludes halogenated alkanes) is 8. The second kappa shape index (κ2) is 35.5. The van der Waals surface area contributed by atoms with Gasteiger partial charge in [0, 0.05) is 110 Å². The van der Waals surface area contributed by atoms with E-state index in [1.165, 1.54) is 0 Å². The zero-order valence-electron chi connectivity index (χ0n) is 57.2. The van der Waals surface area contributed by atoms with E-state index in [1.54, 1.807) is 0 Å². The minimum Gasteiger partial charge on any atom is -0.493 e. The monoisotopic (exact) mass is 1300 g/mol. The summed E-state index contributed by atoms with van der Waals surface area (Å²) in [5.41, 5.74) is 13.9. The highest BCUT2D eigenvalue weighted by Crippen LogP contribution is 2.44. The van der Waals surface area contributed by atoms with Gasteiger partial charge >= 0.3 is 24.2 Å². The molecule has 16 nitrogen and oxygen atoms in total. The SMILES string of the molecule is CCCCCOc1c2cc(NC(=O)Nc3ccc(C)cc3)cc1Cc1cc(NC(=O)Nc3ccc(C)cc3)cc(c1OCCCCC)Cc1cc(OC(=O)Nc3ccc(C)cc3)cc(c1OCCCCC)Cc1cc(NC(=O)Nc3ccc(C)cc3)cc(c1OCCCCC)C2. The van der Waals surface area contributed by atoms with Gasteiger partial charge in [0.15, 0.2) is 0 Å². The molecule has 0 atom stereocenters. The zero-order chi connectivity index (χ0) is 67.8. The second-order valence-electron chi connectivity index (χ2n) is 25.1. The topological polar surface area (TPSA) is 199 Å². The number of carbonyl (C=O) groups is 4. The standard InChI is InChI=1S/C80H95N7O9/c1-9-13-17-37-92-73-57-41-59-47-70(85-78(89)82-66-31-23-54(6)24-32-66)49-61(74(59)93-38-18-14-10-2)43-63-51-72(96-80(91)87-68-35-27-56(8)28-36-68)52-64(76(63)95-40-20-16-12-4)44-62-50-71(86-79(90)83-67-33-25-55(7)26-34-67)48-60(75(62)94-39-19-15-11-3)42-58(73)46-69(45-57)84-77(88)81-65-29-21-53(5)22-30-65/h21-36,45-52H,9-20,37-44H2,1-8H3,(H,87,91)(H2,81,84,88)(H2,82,85,89)(H2,83,86,90). The van der Waals surface area contributed by atoms with Gasteiger partial charge in [0.05, 0.1) is 26.4 Å². The van der Waals surface area contributed by atoms with Gasteiger partial charge in [-0.15, -0.1) is 0 Å². The zero-order valence-corrected chi connectivity index (χ0v) is 57.2. The second-order valence-corrected chi connectivity index (χ2v) is 25.1. The highest BCUT2D eigenvalue weighted by Gasteiger charge is 2.27. The highest BCUT2D eigenvalue weighted by atomic mass is 16.6. The summed E-state index contributed by atoms with van der Waals surface area (Å²) >= 11 is 0. The lowest BCUT2D eigenvalue weighted by Gasteiger charge is -2.25. The summed E-state index contributed by atoms with van der Waals surface area (Å²) in [4.78, 5) is 57.2. The molecule has 7 amide bonds. The predicted octanol–water partition coefficient (Wildman–Crippen LogP) is 20.4. The Morgan fingerprint density at radius 2 is 0.510 bits per heavy atom. The van der Waals surface area contributed by atoms with Crippen molar-refractivity contribution >= 4 is 64.0 Å². The van der Waals surface area contributed by atoms with Crippen LogP contribution in [0, 0.1) is 27.7 Å². The number of carbonyl (C=O) groups excluding carboxylic acids is 4. The van der Waals surface area contributed by atoms with Crippen molar-refractivity contribution in [3.8, 4) is 28.7 Å². The van der Waals surface area contributed by atoms with Crippen LogP contribution in [0.4, 0.5) is 59.0 Å². The number of hydrogen-bond acceptors (Lipinski definition) is 9. The first-order valence-corrected chi connectivity index (χ1v) is 34.3. The quantitative estimate of drug-likeness (QED) is 0.0233. The minimum absolute atomic E-state index is 0.177. The maximum absolute atomic E-state index is 14.3. The van der Waals surface area contributed by atoms with Crippen LogP contribution in [-0.2, 0) is 25.7 Å². The summed E-state index contributed by atoms with van der Waals surface area (Å²) in [5.74, 6) is 2.66. The average Bonchev–Trinajstić information content (AvgIpc) is 0.825. The van der Waals surface area contributed by atoms with Gasteiger partial charge in [-0.25, -0.2) is 19.2 Å². The molecule has 8 bridgehead atoms. The minimum atomic E-state index is -0.689. The molecule has 0 unspecified atom stereocenters. The molecule has 0 heterocycles. The van der Waals surface area contributed by atoms with Crippen molar-refractivity contribution in [1.29, 1.82) is 0 Å². The summed E-state index contributed by atoms with van der Waals surface area (Å²) in [6.45, 7) is 18.2. The molecule has 0 aliphatic heterocycles. The fourth-order valence-electron chi connectivity index (χ4n) is 11.7. The highest BCUT2D eigenvalue weighted by molar-refractivity contribution is 6.02. The van der Waals surface area contributed by atoms with E-state index in [1.807, 2.05) is 173 Å². The van der Waals surface area contributed by atoms with Gasteiger partial charge in [0.2, 0.25) is 0 Å². The summed E-state index contributed by atoms with van der Waals surface area (Å²) in [7, 11) is 0. The largest absolute Gasteiger partial charge is 0.493 e. The number of amides is 7. The van der Waals surface area contributed by atoms with Gasteiger partial charge in [0.1, 0.15) is 28.7 Å². The third-order valence-corrected chi connectivity index (χ3v) is 16.7. The molecular formula is C80H95N7O9. The van der Waals surface area contributed by atoms with Crippen LogP contribution in [0.2, 0.25) is 0 Å². The van der Waals surface area contributed by atoms with Crippen LogP contribution in [0.15, 0.2) is 146 Å². The van der Waals surface area contributed by atoms with Crippen LogP contribution in [0.1, 0.15) is 172 Å². The Labute approximate surface area is 567 Å². The Morgan fingerprint density at radius 3 is 0.750 bits per heavy atom. The molecule has 0 aromatic heterocycles. The van der Waals surface area contributed by atoms with Crippen molar-refractivity contribution in [2.45, 2.75) is 158 Å². The number of hydrogen-bond donors (Lipinski definition) is 7. The molecule has 0 spiro atoms. The number of fused-ring (bicyclic) bond motifs is 8. The summed E-state index contributed by atoms with van der Waals surface area (Å²) in [5, 5.41) is 21.6. The number of aryl methyl sites for hydroxylation is 4. The summed E-state index contributed by atoms with van der Waals surface area (Å²) < 4.78 is 34.8. The predicted molar refractivity (Wildman–Crippen MR) is 389 cm³/mol. The van der Waals surface area contributed by atoms with Crippen molar-refractivity contribution in [3.63, 3.8) is 0 Å². The van der Waals surface area contributed by atoms with Crippen LogP contribution < -0.4 is 60.9 Å². The Hall–Kier alpha value is -9.96. The van der Waals surface area contributed by atoms with Gasteiger partial charge in [-0.3, -0.25) is 5.32 Å². The maximum Gasteiger partial charge on any atom is 0.417 e. The molecule has 16 heteroatoms. The molecule has 0 saturated heterocycles. The third-order valence-electron chi connectivity index (χ3n) is 16.7. The van der Waals surface area contributed by atoms with Crippen molar-refractivity contribution in [2.75, 3.05) is 63.6 Å². The number of ether oxygens (including phenoxy) is 5. The van der Waals surface area contributed by atoms with E-state index < -0.39 is 24.2 Å². The van der Waals surface area contributed by atoms with Crippen molar-refractivity contribution in [3.05, 3.63) is 212 Å². The van der Waals surface area contributed by atoms with Crippen molar-refractivity contribution in [2.24, 2.45) is 0 Å². The molecule has 0 radical (unpaired) electrons. The van der Waals surface area contributed by atoms with E-state index in [9.17, 15) is 19.2 Å². The lowest BCUT2D eigenvalue weighted by Crippen LogP contribution is -2.20. The first-order valence-electron chi connectivity index (χ1n) is 34.3. The Bertz CT molecular complexity index is 3310. The molecule has 7 N–H and O–H groups in total. The van der Waals surface area contributed by atoms with Gasteiger partial charge in [-0.2, -0.15) is 0 Å². The Morgan fingerprint density at radius 1 is 0.292 bits per heavy atom. The third kappa shape index (κ3) is 21.0. The Kier molecular flexibility index (Phi) is 26.0.